The van der Waals surface area contributed by atoms with E-state index in [1.54, 1.807) is 12.0 Å². The minimum absolute atomic E-state index is 0.0970. The molecule has 6 heteroatoms. The lowest BCUT2D eigenvalue weighted by atomic mass is 9.99. The first-order valence-electron chi connectivity index (χ1n) is 15.8. The van der Waals surface area contributed by atoms with Gasteiger partial charge in [-0.2, -0.15) is 0 Å². The molecular weight excluding hydrogens is 586 g/mol. The van der Waals surface area contributed by atoms with Gasteiger partial charge >= 0.3 is 5.97 Å². The van der Waals surface area contributed by atoms with E-state index in [1.165, 1.54) is 18.2 Å². The molecule has 0 spiro atoms. The number of carbonyl (C=O) groups is 2. The number of aryl methyl sites for hydroxylation is 2. The zero-order valence-corrected chi connectivity index (χ0v) is 27.3. The first-order valence-corrected chi connectivity index (χ1v) is 15.8. The lowest BCUT2D eigenvalue weighted by molar-refractivity contribution is -0.140. The van der Waals surface area contributed by atoms with Crippen molar-refractivity contribution in [3.8, 4) is 33.8 Å². The van der Waals surface area contributed by atoms with E-state index in [0.717, 1.165) is 44.9 Å². The number of hydrogen-bond donors (Lipinski definition) is 0. The number of amides is 1. The SMILES string of the molecule is COC(=O)CCc1ccc(-c2cccc(CN(C)C(=O)CCc3ccc(-c4ccccc4)cc3)c2)c(OCc2cccc(OC)c2)c1. The zero-order valence-electron chi connectivity index (χ0n) is 27.3. The standard InChI is InChI=1S/C41H41NO5/c1-42(40(43)23-18-30-15-20-35(21-16-30)34-11-5-4-6-12-34)28-32-9-7-13-36(25-32)38-22-17-31(19-24-41(44)46-3)27-39(38)47-29-33-10-8-14-37(26-33)45-2/h4-17,20-22,25-27H,18-19,23-24,28-29H2,1-3H3. The third kappa shape index (κ3) is 9.33. The van der Waals surface area contributed by atoms with Gasteiger partial charge in [0, 0.05) is 32.0 Å². The predicted octanol–water partition coefficient (Wildman–Crippen LogP) is 8.31. The summed E-state index contributed by atoms with van der Waals surface area (Å²) in [7, 11) is 4.90. The Morgan fingerprint density at radius 1 is 0.617 bits per heavy atom. The van der Waals surface area contributed by atoms with Gasteiger partial charge < -0.3 is 19.1 Å². The number of nitrogens with zero attached hydrogens (tertiary/aromatic N) is 1. The van der Waals surface area contributed by atoms with Crippen LogP contribution in [-0.2, 0) is 40.3 Å². The van der Waals surface area contributed by atoms with Crippen LogP contribution >= 0.6 is 0 Å². The molecule has 47 heavy (non-hydrogen) atoms. The highest BCUT2D eigenvalue weighted by atomic mass is 16.5. The van der Waals surface area contributed by atoms with Crippen LogP contribution in [0.4, 0.5) is 0 Å². The number of carbonyl (C=O) groups excluding carboxylic acids is 2. The van der Waals surface area contributed by atoms with Crippen LogP contribution in [0.3, 0.4) is 0 Å². The highest BCUT2D eigenvalue weighted by Crippen LogP contribution is 2.33. The second-order valence-corrected chi connectivity index (χ2v) is 11.6. The number of hydrogen-bond acceptors (Lipinski definition) is 5. The summed E-state index contributed by atoms with van der Waals surface area (Å²) in [5.41, 5.74) is 8.41. The summed E-state index contributed by atoms with van der Waals surface area (Å²) in [6.45, 7) is 0.855. The van der Waals surface area contributed by atoms with E-state index >= 15 is 0 Å². The molecule has 5 rings (SSSR count). The normalized spacial score (nSPS) is 10.7. The first-order chi connectivity index (χ1) is 22.9. The smallest absolute Gasteiger partial charge is 0.305 e. The summed E-state index contributed by atoms with van der Waals surface area (Å²) in [6.07, 6.45) is 1.97. The lowest BCUT2D eigenvalue weighted by Crippen LogP contribution is -2.26. The minimum atomic E-state index is -0.250. The van der Waals surface area contributed by atoms with Gasteiger partial charge in [0.25, 0.3) is 0 Å². The molecule has 0 N–H and O–H groups in total. The monoisotopic (exact) mass is 627 g/mol. The predicted molar refractivity (Wildman–Crippen MR) is 186 cm³/mol. The molecule has 0 radical (unpaired) electrons. The molecule has 0 aromatic heterocycles. The maximum absolute atomic E-state index is 13.1. The van der Waals surface area contributed by atoms with Gasteiger partial charge in [0.1, 0.15) is 18.1 Å². The van der Waals surface area contributed by atoms with Crippen molar-refractivity contribution in [2.45, 2.75) is 38.8 Å². The van der Waals surface area contributed by atoms with E-state index in [-0.39, 0.29) is 11.9 Å². The molecule has 6 nitrogen and oxygen atoms in total. The van der Waals surface area contributed by atoms with Crippen LogP contribution in [0.2, 0.25) is 0 Å². The topological polar surface area (TPSA) is 65.1 Å². The van der Waals surface area contributed by atoms with Crippen molar-refractivity contribution in [2.75, 3.05) is 21.3 Å². The fourth-order valence-electron chi connectivity index (χ4n) is 5.49. The van der Waals surface area contributed by atoms with E-state index in [0.29, 0.717) is 38.8 Å². The van der Waals surface area contributed by atoms with Crippen LogP contribution in [0.25, 0.3) is 22.3 Å². The third-order valence-electron chi connectivity index (χ3n) is 8.19. The Kier molecular flexibility index (Phi) is 11.4. The van der Waals surface area contributed by atoms with Crippen LogP contribution < -0.4 is 9.47 Å². The molecule has 0 aliphatic rings. The molecule has 0 bridgehead atoms. The molecular formula is C41H41NO5. The van der Waals surface area contributed by atoms with E-state index in [2.05, 4.69) is 42.5 Å². The number of methoxy groups -OCH3 is 2. The van der Waals surface area contributed by atoms with Crippen molar-refractivity contribution in [1.82, 2.24) is 4.90 Å². The molecule has 0 aliphatic carbocycles. The molecule has 0 fully saturated rings. The molecule has 0 aliphatic heterocycles. The highest BCUT2D eigenvalue weighted by molar-refractivity contribution is 5.77. The van der Waals surface area contributed by atoms with Crippen molar-refractivity contribution in [2.24, 2.45) is 0 Å². The lowest BCUT2D eigenvalue weighted by Gasteiger charge is -2.19. The van der Waals surface area contributed by atoms with Gasteiger partial charge in [-0.3, -0.25) is 9.59 Å². The van der Waals surface area contributed by atoms with Crippen molar-refractivity contribution in [3.05, 3.63) is 144 Å². The van der Waals surface area contributed by atoms with E-state index in [9.17, 15) is 9.59 Å². The van der Waals surface area contributed by atoms with Crippen molar-refractivity contribution in [3.63, 3.8) is 0 Å². The van der Waals surface area contributed by atoms with Crippen LogP contribution in [-0.4, -0.2) is 38.0 Å². The molecule has 0 saturated carbocycles. The Balaban J connectivity index is 1.26. The molecule has 0 heterocycles. The van der Waals surface area contributed by atoms with Gasteiger partial charge in [-0.15, -0.1) is 0 Å². The number of rotatable bonds is 14. The highest BCUT2D eigenvalue weighted by Gasteiger charge is 2.14. The second kappa shape index (κ2) is 16.3. The van der Waals surface area contributed by atoms with Gasteiger partial charge in [-0.1, -0.05) is 97.1 Å². The summed E-state index contributed by atoms with van der Waals surface area (Å²) in [6, 6.07) is 40.8. The maximum atomic E-state index is 13.1. The summed E-state index contributed by atoms with van der Waals surface area (Å²) >= 11 is 0. The van der Waals surface area contributed by atoms with Crippen molar-refractivity contribution < 1.29 is 23.8 Å². The van der Waals surface area contributed by atoms with Crippen LogP contribution in [0, 0.1) is 0 Å². The molecule has 5 aromatic rings. The zero-order chi connectivity index (χ0) is 33.0. The molecule has 0 saturated heterocycles. The summed E-state index contributed by atoms with van der Waals surface area (Å²) in [4.78, 5) is 26.7. The minimum Gasteiger partial charge on any atom is -0.497 e. The van der Waals surface area contributed by atoms with E-state index in [1.807, 2.05) is 85.9 Å². The Labute approximate surface area is 277 Å². The van der Waals surface area contributed by atoms with Gasteiger partial charge in [0.2, 0.25) is 5.91 Å². The number of esters is 1. The fraction of sp³-hybridized carbons (Fsp3) is 0.220. The molecule has 240 valence electrons. The Bertz CT molecular complexity index is 1780. The summed E-state index contributed by atoms with van der Waals surface area (Å²) < 4.78 is 16.6. The average Bonchev–Trinajstić information content (AvgIpc) is 3.12. The van der Waals surface area contributed by atoms with Gasteiger partial charge in [-0.25, -0.2) is 0 Å². The molecule has 5 aromatic carbocycles. The van der Waals surface area contributed by atoms with E-state index < -0.39 is 0 Å². The number of ether oxygens (including phenoxy) is 3. The maximum Gasteiger partial charge on any atom is 0.305 e. The summed E-state index contributed by atoms with van der Waals surface area (Å²) in [5.74, 6) is 1.33. The Morgan fingerprint density at radius 2 is 1.30 bits per heavy atom. The van der Waals surface area contributed by atoms with Crippen molar-refractivity contribution in [1.29, 1.82) is 0 Å². The van der Waals surface area contributed by atoms with Crippen LogP contribution in [0.15, 0.2) is 121 Å². The largest absolute Gasteiger partial charge is 0.497 e. The van der Waals surface area contributed by atoms with Crippen LogP contribution in [0.1, 0.15) is 35.1 Å². The van der Waals surface area contributed by atoms with Gasteiger partial charge in [-0.05, 0) is 76.1 Å². The van der Waals surface area contributed by atoms with Gasteiger partial charge in [0.15, 0.2) is 0 Å². The molecule has 1 amide bonds. The van der Waals surface area contributed by atoms with Crippen molar-refractivity contribution >= 4 is 11.9 Å². The van der Waals surface area contributed by atoms with Gasteiger partial charge in [0.05, 0.1) is 14.2 Å². The fourth-order valence-corrected chi connectivity index (χ4v) is 5.49. The first kappa shape index (κ1) is 33.0. The number of benzene rings is 5. The third-order valence-corrected chi connectivity index (χ3v) is 8.19. The van der Waals surface area contributed by atoms with Crippen LogP contribution in [0.5, 0.6) is 11.5 Å². The van der Waals surface area contributed by atoms with E-state index in [4.69, 9.17) is 14.2 Å². The average molecular weight is 628 g/mol. The second-order valence-electron chi connectivity index (χ2n) is 11.6. The summed E-state index contributed by atoms with van der Waals surface area (Å²) in [5, 5.41) is 0. The Hall–Kier alpha value is -5.36. The molecule has 0 atom stereocenters. The molecule has 0 unspecified atom stereocenters. The quantitative estimate of drug-likeness (QED) is 0.116. The Morgan fingerprint density at radius 3 is 2.06 bits per heavy atom.